The first-order valence-electron chi connectivity index (χ1n) is 7.72. The zero-order valence-electron chi connectivity index (χ0n) is 13.3. The van der Waals surface area contributed by atoms with Gasteiger partial charge in [-0.3, -0.25) is 9.59 Å². The molecule has 0 aliphatic carbocycles. The van der Waals surface area contributed by atoms with Gasteiger partial charge in [-0.15, -0.1) is 11.3 Å². The molecule has 25 heavy (non-hydrogen) atoms. The third-order valence-electron chi connectivity index (χ3n) is 4.52. The van der Waals surface area contributed by atoms with Crippen molar-refractivity contribution < 1.29 is 8.42 Å². The van der Waals surface area contributed by atoms with Gasteiger partial charge in [-0.05, 0) is 48.6 Å². The molecule has 1 aliphatic heterocycles. The molecular weight excluding hydrogens is 362 g/mol. The van der Waals surface area contributed by atoms with E-state index in [1.165, 1.54) is 27.4 Å². The summed E-state index contributed by atoms with van der Waals surface area (Å²) >= 11 is 1.65. The quantitative estimate of drug-likeness (QED) is 0.662. The van der Waals surface area contributed by atoms with Crippen molar-refractivity contribution in [2.24, 2.45) is 0 Å². The molecule has 0 saturated heterocycles. The summed E-state index contributed by atoms with van der Waals surface area (Å²) in [5, 5.41) is 1.98. The average Bonchev–Trinajstić information content (AvgIpc) is 3.05. The van der Waals surface area contributed by atoms with Crippen LogP contribution in [0.15, 0.2) is 44.1 Å². The standard InChI is InChI=1S/C16H15N3O4S2/c1-9-11-5-7-24-14(11)4-6-19(9)25(22,23)10-2-3-12-13(8-10)18-16(21)15(20)17-12/h2-3,5,7-9H,4,6H2,1H3,(H,17,20)(H,18,21)/t9-/m1/s1. The van der Waals surface area contributed by atoms with Gasteiger partial charge in [0.2, 0.25) is 10.0 Å². The summed E-state index contributed by atoms with van der Waals surface area (Å²) in [6, 6.07) is 6.05. The number of thiophene rings is 1. The highest BCUT2D eigenvalue weighted by Crippen LogP contribution is 2.36. The minimum atomic E-state index is -3.72. The van der Waals surface area contributed by atoms with Crippen molar-refractivity contribution in [2.75, 3.05) is 6.54 Å². The van der Waals surface area contributed by atoms with Crippen LogP contribution in [0.3, 0.4) is 0 Å². The molecule has 130 valence electrons. The van der Waals surface area contributed by atoms with Crippen molar-refractivity contribution in [3.05, 3.63) is 60.8 Å². The highest BCUT2D eigenvalue weighted by Gasteiger charge is 2.34. The lowest BCUT2D eigenvalue weighted by Gasteiger charge is -2.32. The second kappa shape index (κ2) is 5.65. The van der Waals surface area contributed by atoms with E-state index in [4.69, 9.17) is 0 Å². The Morgan fingerprint density at radius 3 is 2.60 bits per heavy atom. The van der Waals surface area contributed by atoms with Crippen molar-refractivity contribution in [1.82, 2.24) is 14.3 Å². The predicted octanol–water partition coefficient (Wildman–Crippen LogP) is 1.59. The summed E-state index contributed by atoms with van der Waals surface area (Å²) in [5.74, 6) is 0. The monoisotopic (exact) mass is 377 g/mol. The lowest BCUT2D eigenvalue weighted by molar-refractivity contribution is 0.329. The molecule has 0 fully saturated rings. The van der Waals surface area contributed by atoms with Gasteiger partial charge in [-0.1, -0.05) is 0 Å². The number of hydrogen-bond donors (Lipinski definition) is 2. The van der Waals surface area contributed by atoms with Gasteiger partial charge in [-0.2, -0.15) is 4.31 Å². The Labute approximate surface area is 147 Å². The highest BCUT2D eigenvalue weighted by atomic mass is 32.2. The van der Waals surface area contributed by atoms with Crippen LogP contribution in [0.25, 0.3) is 11.0 Å². The number of aromatic amines is 2. The van der Waals surface area contributed by atoms with E-state index >= 15 is 0 Å². The predicted molar refractivity (Wildman–Crippen MR) is 95.5 cm³/mol. The molecule has 4 rings (SSSR count). The van der Waals surface area contributed by atoms with Crippen LogP contribution in [0, 0.1) is 0 Å². The molecule has 0 radical (unpaired) electrons. The van der Waals surface area contributed by atoms with E-state index in [-0.39, 0.29) is 16.5 Å². The number of rotatable bonds is 2. The van der Waals surface area contributed by atoms with Crippen LogP contribution in [-0.4, -0.2) is 29.2 Å². The number of fused-ring (bicyclic) bond motifs is 2. The fraction of sp³-hybridized carbons (Fsp3) is 0.250. The Kier molecular flexibility index (Phi) is 3.67. The third kappa shape index (κ3) is 2.55. The molecule has 2 aromatic heterocycles. The first-order chi connectivity index (χ1) is 11.9. The molecule has 1 aliphatic rings. The van der Waals surface area contributed by atoms with E-state index in [1.807, 2.05) is 18.4 Å². The minimum Gasteiger partial charge on any atom is -0.316 e. The van der Waals surface area contributed by atoms with Crippen LogP contribution in [0.5, 0.6) is 0 Å². The molecule has 0 bridgehead atoms. The molecule has 0 unspecified atom stereocenters. The number of nitrogens with one attached hydrogen (secondary N) is 2. The summed E-state index contributed by atoms with van der Waals surface area (Å²) in [6.07, 6.45) is 0.689. The van der Waals surface area contributed by atoms with Crippen LogP contribution in [0.4, 0.5) is 0 Å². The number of nitrogens with zero attached hydrogens (tertiary/aromatic N) is 1. The fourth-order valence-electron chi connectivity index (χ4n) is 3.20. The summed E-state index contributed by atoms with van der Waals surface area (Å²) in [6.45, 7) is 2.29. The number of benzene rings is 1. The summed E-state index contributed by atoms with van der Waals surface area (Å²) in [7, 11) is -3.72. The Hall–Kier alpha value is -2.23. The van der Waals surface area contributed by atoms with Crippen molar-refractivity contribution in [2.45, 2.75) is 24.3 Å². The van der Waals surface area contributed by atoms with E-state index in [0.717, 1.165) is 5.56 Å². The maximum atomic E-state index is 13.1. The van der Waals surface area contributed by atoms with Gasteiger partial charge < -0.3 is 9.97 Å². The fourth-order valence-corrected chi connectivity index (χ4v) is 5.81. The van der Waals surface area contributed by atoms with Gasteiger partial charge in [0.25, 0.3) is 0 Å². The van der Waals surface area contributed by atoms with E-state index in [2.05, 4.69) is 9.97 Å². The number of hydrogen-bond acceptors (Lipinski definition) is 5. The number of sulfonamides is 1. The van der Waals surface area contributed by atoms with Crippen molar-refractivity contribution in [3.63, 3.8) is 0 Å². The molecule has 0 amide bonds. The first kappa shape index (κ1) is 16.2. The van der Waals surface area contributed by atoms with Crippen molar-refractivity contribution >= 4 is 32.4 Å². The number of H-pyrrole nitrogens is 2. The van der Waals surface area contributed by atoms with Gasteiger partial charge in [0.1, 0.15) is 0 Å². The van der Waals surface area contributed by atoms with Crippen LogP contribution < -0.4 is 11.1 Å². The topological polar surface area (TPSA) is 103 Å². The van der Waals surface area contributed by atoms with Crippen LogP contribution in [0.2, 0.25) is 0 Å². The second-order valence-electron chi connectivity index (χ2n) is 5.96. The molecule has 0 spiro atoms. The molecule has 1 aromatic carbocycles. The van der Waals surface area contributed by atoms with E-state index in [9.17, 15) is 18.0 Å². The maximum Gasteiger partial charge on any atom is 0.314 e. The first-order valence-corrected chi connectivity index (χ1v) is 10.0. The van der Waals surface area contributed by atoms with Gasteiger partial charge in [0.05, 0.1) is 15.9 Å². The normalized spacial score (nSPS) is 18.4. The Morgan fingerprint density at radius 2 is 1.84 bits per heavy atom. The molecule has 3 aromatic rings. The van der Waals surface area contributed by atoms with Crippen LogP contribution in [-0.2, 0) is 16.4 Å². The molecule has 2 N–H and O–H groups in total. The van der Waals surface area contributed by atoms with Crippen LogP contribution in [0.1, 0.15) is 23.4 Å². The largest absolute Gasteiger partial charge is 0.316 e. The minimum absolute atomic E-state index is 0.0910. The molecule has 3 heterocycles. The van der Waals surface area contributed by atoms with E-state index in [1.54, 1.807) is 11.3 Å². The molecular formula is C16H15N3O4S2. The third-order valence-corrected chi connectivity index (χ3v) is 7.48. The molecule has 7 nitrogen and oxygen atoms in total. The van der Waals surface area contributed by atoms with Gasteiger partial charge in [0.15, 0.2) is 0 Å². The summed E-state index contributed by atoms with van der Waals surface area (Å²) < 4.78 is 27.7. The lowest BCUT2D eigenvalue weighted by atomic mass is 10.0. The van der Waals surface area contributed by atoms with Gasteiger partial charge in [0, 0.05) is 17.5 Å². The van der Waals surface area contributed by atoms with Gasteiger partial charge >= 0.3 is 11.1 Å². The summed E-state index contributed by atoms with van der Waals surface area (Å²) in [5.41, 5.74) is 0.134. The van der Waals surface area contributed by atoms with Crippen molar-refractivity contribution in [3.8, 4) is 0 Å². The van der Waals surface area contributed by atoms with Gasteiger partial charge in [-0.25, -0.2) is 8.42 Å². The van der Waals surface area contributed by atoms with Crippen LogP contribution >= 0.6 is 11.3 Å². The lowest BCUT2D eigenvalue weighted by Crippen LogP contribution is -2.38. The SMILES string of the molecule is C[C@@H]1c2ccsc2CCN1S(=O)(=O)c1ccc2[nH]c(=O)c(=O)[nH]c2c1. The smallest absolute Gasteiger partial charge is 0.314 e. The Bertz CT molecular complexity index is 1190. The highest BCUT2D eigenvalue weighted by molar-refractivity contribution is 7.89. The Balaban J connectivity index is 1.81. The second-order valence-corrected chi connectivity index (χ2v) is 8.85. The zero-order valence-corrected chi connectivity index (χ0v) is 14.9. The molecule has 1 atom stereocenters. The molecule has 0 saturated carbocycles. The Morgan fingerprint density at radius 1 is 1.12 bits per heavy atom. The average molecular weight is 377 g/mol. The van der Waals surface area contributed by atoms with E-state index < -0.39 is 21.1 Å². The van der Waals surface area contributed by atoms with E-state index in [0.29, 0.717) is 18.5 Å². The molecule has 9 heteroatoms. The number of aromatic nitrogens is 2. The maximum absolute atomic E-state index is 13.1. The van der Waals surface area contributed by atoms with Crippen molar-refractivity contribution in [1.29, 1.82) is 0 Å². The summed E-state index contributed by atoms with van der Waals surface area (Å²) in [4.78, 5) is 29.0. The zero-order chi connectivity index (χ0) is 17.8.